The molecule has 5 N–H and O–H groups in total. The van der Waals surface area contributed by atoms with Crippen LogP contribution in [-0.4, -0.2) is 198 Å². The Kier molecular flexibility index (Phi) is 20.4. The number of pyridine rings is 1. The number of amides is 6. The summed E-state index contributed by atoms with van der Waals surface area (Å²) >= 11 is 0. The molecule has 0 spiro atoms. The lowest BCUT2D eigenvalue weighted by molar-refractivity contribution is -0.138. The Morgan fingerprint density at radius 3 is 2.09 bits per heavy atom. The Morgan fingerprint density at radius 1 is 0.709 bits per heavy atom. The third kappa shape index (κ3) is 15.8. The highest BCUT2D eigenvalue weighted by Gasteiger charge is 2.45. The number of aromatic nitrogens is 1. The zero-order valence-electron chi connectivity index (χ0n) is 44.1. The second kappa shape index (κ2) is 27.7. The van der Waals surface area contributed by atoms with Gasteiger partial charge in [-0.2, -0.15) is 13.2 Å². The number of rotatable bonds is 26. The van der Waals surface area contributed by atoms with Gasteiger partial charge in [0.05, 0.1) is 86.5 Å². The van der Waals surface area contributed by atoms with Crippen molar-refractivity contribution in [3.63, 3.8) is 0 Å². The summed E-state index contributed by atoms with van der Waals surface area (Å²) in [5.41, 5.74) is 1.70. The first-order chi connectivity index (χ1) is 38.1. The Morgan fingerprint density at radius 2 is 1.38 bits per heavy atom. The fraction of sp³-hybridized carbons (Fsp3) is 0.473. The molecule has 4 aliphatic heterocycles. The molecule has 4 aliphatic rings. The normalized spacial score (nSPS) is 17.5. The van der Waals surface area contributed by atoms with E-state index in [0.717, 1.165) is 73.6 Å². The molecule has 0 bridgehead atoms. The molecule has 1 atom stereocenters. The maximum Gasteiger partial charge on any atom is 0.417 e. The van der Waals surface area contributed by atoms with Gasteiger partial charge in [0.15, 0.2) is 0 Å². The van der Waals surface area contributed by atoms with Crippen LogP contribution in [-0.2, 0) is 46.1 Å². The van der Waals surface area contributed by atoms with Crippen molar-refractivity contribution in [2.45, 2.75) is 38.0 Å². The van der Waals surface area contributed by atoms with Gasteiger partial charge >= 0.3 is 6.18 Å². The molecule has 3 saturated heterocycles. The first-order valence-electron chi connectivity index (χ1n) is 26.5. The van der Waals surface area contributed by atoms with Crippen molar-refractivity contribution in [2.75, 3.05) is 147 Å². The number of anilines is 3. The average Bonchev–Trinajstić information content (AvgIpc) is 4.00. The SMILES string of the molecule is CN1CCN(c2ccc(-c3cccc(CN4CCN(CCNC(=O)CCOCCOCCOCCOCCNc5cccc6c5C(=O)N(C5CCC(=O)NC5=O)C6=O)CC4)c3)cc2NC(=O)c2c[nH]c(=O)cc2C(F)(F)F)CC1. The second-order valence-electron chi connectivity index (χ2n) is 19.6. The lowest BCUT2D eigenvalue weighted by Gasteiger charge is -2.35. The number of likely N-dealkylation sites (N-methyl/N-ethyl adjacent to an activating group) is 1. The quantitative estimate of drug-likeness (QED) is 0.0448. The van der Waals surface area contributed by atoms with Crippen molar-refractivity contribution in [3.05, 3.63) is 111 Å². The van der Waals surface area contributed by atoms with Gasteiger partial charge in [-0.15, -0.1) is 0 Å². The van der Waals surface area contributed by atoms with E-state index in [2.05, 4.69) is 58.0 Å². The van der Waals surface area contributed by atoms with Gasteiger partial charge in [0, 0.05) is 109 Å². The topological polar surface area (TPSA) is 237 Å². The summed E-state index contributed by atoms with van der Waals surface area (Å²) in [6, 6.07) is 17.9. The molecule has 4 aromatic rings. The van der Waals surface area contributed by atoms with E-state index in [1.54, 1.807) is 18.2 Å². The number of aromatic amines is 1. The van der Waals surface area contributed by atoms with Gasteiger partial charge in [-0.05, 0) is 60.5 Å². The molecule has 24 heteroatoms. The Balaban J connectivity index is 0.657. The van der Waals surface area contributed by atoms with E-state index in [1.807, 2.05) is 31.3 Å². The van der Waals surface area contributed by atoms with Crippen LogP contribution in [0.1, 0.15) is 61.5 Å². The molecule has 5 heterocycles. The van der Waals surface area contributed by atoms with Crippen LogP contribution in [0.3, 0.4) is 0 Å². The minimum absolute atomic E-state index is 0.0451. The van der Waals surface area contributed by atoms with Gasteiger partial charge in [-0.3, -0.25) is 53.6 Å². The second-order valence-corrected chi connectivity index (χ2v) is 19.6. The zero-order chi connectivity index (χ0) is 55.9. The number of alkyl halides is 3. The van der Waals surface area contributed by atoms with E-state index in [-0.39, 0.29) is 42.9 Å². The summed E-state index contributed by atoms with van der Waals surface area (Å²) in [5, 5.41) is 11.0. The van der Waals surface area contributed by atoms with Gasteiger partial charge < -0.3 is 49.7 Å². The van der Waals surface area contributed by atoms with Gasteiger partial charge in [-0.1, -0.05) is 30.3 Å². The summed E-state index contributed by atoms with van der Waals surface area (Å²) in [6.45, 7) is 11.2. The third-order valence-electron chi connectivity index (χ3n) is 14.1. The summed E-state index contributed by atoms with van der Waals surface area (Å²) < 4.78 is 64.1. The number of H-pyrrole nitrogens is 1. The number of hydrogen-bond acceptors (Lipinski definition) is 16. The maximum absolute atomic E-state index is 13.9. The van der Waals surface area contributed by atoms with Crippen LogP contribution in [0, 0.1) is 0 Å². The molecular weight excluding hydrogens is 1030 g/mol. The third-order valence-corrected chi connectivity index (χ3v) is 14.1. The first-order valence-corrected chi connectivity index (χ1v) is 26.5. The van der Waals surface area contributed by atoms with Gasteiger partial charge in [0.2, 0.25) is 23.3 Å². The molecule has 0 radical (unpaired) electrons. The largest absolute Gasteiger partial charge is 0.417 e. The van der Waals surface area contributed by atoms with Crippen LogP contribution < -0.4 is 31.7 Å². The molecule has 8 rings (SSSR count). The minimum Gasteiger partial charge on any atom is -0.382 e. The molecular formula is C55H67F3N10O11. The van der Waals surface area contributed by atoms with Gasteiger partial charge in [-0.25, -0.2) is 0 Å². The fourth-order valence-electron chi connectivity index (χ4n) is 9.79. The molecule has 1 unspecified atom stereocenters. The molecule has 79 heavy (non-hydrogen) atoms. The number of carbonyl (C=O) groups is 6. The van der Waals surface area contributed by atoms with E-state index >= 15 is 0 Å². The summed E-state index contributed by atoms with van der Waals surface area (Å²) in [6.07, 6.45) is -3.75. The van der Waals surface area contributed by atoms with Crippen LogP contribution in [0.25, 0.3) is 11.1 Å². The number of ether oxygens (including phenoxy) is 4. The lowest BCUT2D eigenvalue weighted by Crippen LogP contribution is -2.54. The van der Waals surface area contributed by atoms with Crippen LogP contribution in [0.15, 0.2) is 77.7 Å². The number of piperidine rings is 1. The smallest absolute Gasteiger partial charge is 0.382 e. The fourth-order valence-corrected chi connectivity index (χ4v) is 9.79. The number of piperazine rings is 2. The zero-order valence-corrected chi connectivity index (χ0v) is 44.1. The molecule has 1 aromatic heterocycles. The number of imide groups is 2. The molecule has 3 fully saturated rings. The monoisotopic (exact) mass is 1100 g/mol. The minimum atomic E-state index is -4.91. The number of carbonyl (C=O) groups excluding carboxylic acids is 6. The first kappa shape index (κ1) is 58.1. The number of fused-ring (bicyclic) bond motifs is 1. The van der Waals surface area contributed by atoms with E-state index in [1.165, 1.54) is 6.07 Å². The van der Waals surface area contributed by atoms with Crippen LogP contribution >= 0.6 is 0 Å². The number of halogens is 3. The highest BCUT2D eigenvalue weighted by molar-refractivity contribution is 6.25. The Labute approximate surface area is 455 Å². The maximum atomic E-state index is 13.9. The van der Waals surface area contributed by atoms with Crippen LogP contribution in [0.5, 0.6) is 0 Å². The number of nitrogens with one attached hydrogen (secondary N) is 5. The molecule has 424 valence electrons. The van der Waals surface area contributed by atoms with Crippen molar-refractivity contribution in [3.8, 4) is 11.1 Å². The van der Waals surface area contributed by atoms with E-state index in [4.69, 9.17) is 18.9 Å². The predicted molar refractivity (Wildman–Crippen MR) is 286 cm³/mol. The molecule has 6 amide bonds. The Bertz CT molecular complexity index is 2870. The number of benzene rings is 3. The molecule has 21 nitrogen and oxygen atoms in total. The van der Waals surface area contributed by atoms with Crippen molar-refractivity contribution >= 4 is 52.5 Å². The van der Waals surface area contributed by atoms with Crippen molar-refractivity contribution in [2.24, 2.45) is 0 Å². The van der Waals surface area contributed by atoms with Crippen molar-refractivity contribution in [1.29, 1.82) is 0 Å². The highest BCUT2D eigenvalue weighted by Crippen LogP contribution is 2.36. The van der Waals surface area contributed by atoms with Gasteiger partial charge in [0.1, 0.15) is 6.04 Å². The van der Waals surface area contributed by atoms with Crippen LogP contribution in [0.4, 0.5) is 30.2 Å². The summed E-state index contributed by atoms with van der Waals surface area (Å²) in [7, 11) is 2.02. The Hall–Kier alpha value is -7.06. The van der Waals surface area contributed by atoms with E-state index in [0.29, 0.717) is 102 Å². The number of hydrogen-bond donors (Lipinski definition) is 5. The lowest BCUT2D eigenvalue weighted by atomic mass is 10.0. The molecule has 0 saturated carbocycles. The van der Waals surface area contributed by atoms with Crippen molar-refractivity contribution < 1.29 is 60.9 Å². The number of nitrogens with zero attached hydrogens (tertiary/aromatic N) is 5. The van der Waals surface area contributed by atoms with Crippen LogP contribution in [0.2, 0.25) is 0 Å². The summed E-state index contributed by atoms with van der Waals surface area (Å²) in [4.78, 5) is 100. The standard InChI is InChI=1S/C55H67F3N10O11/c1-64-16-22-67(23-17-64)45-9-8-39(33-44(45)62-51(72)41-35-61-49(71)34-42(41)55(56,57)58)38-5-2-4-37(32-38)36-66-20-18-65(19-21-66)15-13-60-47(69)12-24-76-26-28-78-30-31-79-29-27-77-25-14-59-43-7-3-6-40-50(43)54(75)68(53(40)74)46-10-11-48(70)63-52(46)73/h2-9,32-35,46,59H,10-31,36H2,1H3,(H,60,69)(H,61,71)(H,62,72)(H,63,70,73). The van der Waals surface area contributed by atoms with E-state index in [9.17, 15) is 46.7 Å². The molecule has 3 aromatic carbocycles. The predicted octanol–water partition coefficient (Wildman–Crippen LogP) is 3.27. The van der Waals surface area contributed by atoms with Crippen molar-refractivity contribution in [1.82, 2.24) is 35.2 Å². The highest BCUT2D eigenvalue weighted by atomic mass is 19.4. The summed E-state index contributed by atoms with van der Waals surface area (Å²) in [5.74, 6) is -3.32. The van der Waals surface area contributed by atoms with E-state index < -0.39 is 58.4 Å². The molecule has 0 aliphatic carbocycles. The average molecular weight is 1100 g/mol. The van der Waals surface area contributed by atoms with Gasteiger partial charge in [0.25, 0.3) is 17.7 Å².